The second-order valence-corrected chi connectivity index (χ2v) is 5.45. The molecule has 0 atom stereocenters. The van der Waals surface area contributed by atoms with Gasteiger partial charge in [0.15, 0.2) is 0 Å². The lowest BCUT2D eigenvalue weighted by atomic mass is 9.86. The van der Waals surface area contributed by atoms with Crippen LogP contribution in [-0.4, -0.2) is 26.1 Å². The van der Waals surface area contributed by atoms with Gasteiger partial charge in [-0.1, -0.05) is 24.3 Å². The van der Waals surface area contributed by atoms with Gasteiger partial charge in [0.2, 0.25) is 0 Å². The van der Waals surface area contributed by atoms with Gasteiger partial charge in [-0.05, 0) is 44.9 Å². The van der Waals surface area contributed by atoms with E-state index < -0.39 is 5.97 Å². The molecule has 1 saturated carbocycles. The van der Waals surface area contributed by atoms with Gasteiger partial charge in [0, 0.05) is 6.20 Å². The molecule has 1 aliphatic rings. The molecule has 1 fully saturated rings. The number of allylic oxidation sites excluding steroid dienone is 2. The summed E-state index contributed by atoms with van der Waals surface area (Å²) in [5.41, 5.74) is 1.02. The van der Waals surface area contributed by atoms with Crippen molar-refractivity contribution in [3.63, 3.8) is 0 Å². The molecule has 5 nitrogen and oxygen atoms in total. The minimum atomic E-state index is -0.662. The molecule has 1 aromatic heterocycles. The summed E-state index contributed by atoms with van der Waals surface area (Å²) in [6.07, 6.45) is 12.6. The van der Waals surface area contributed by atoms with Gasteiger partial charge in [-0.25, -0.2) is 4.68 Å². The van der Waals surface area contributed by atoms with Crippen molar-refractivity contribution < 1.29 is 9.90 Å². The molecule has 20 heavy (non-hydrogen) atoms. The van der Waals surface area contributed by atoms with Gasteiger partial charge in [0.1, 0.15) is 0 Å². The van der Waals surface area contributed by atoms with Crippen LogP contribution in [0.4, 0.5) is 0 Å². The number of carboxylic acid groups (broad SMARTS) is 1. The van der Waals surface area contributed by atoms with E-state index in [1.54, 1.807) is 0 Å². The Morgan fingerprint density at radius 3 is 2.80 bits per heavy atom. The number of aromatic nitrogens is 3. The Morgan fingerprint density at radius 2 is 2.15 bits per heavy atom. The Kier molecular flexibility index (Phi) is 5.32. The average molecular weight is 277 g/mol. The Hall–Kier alpha value is -1.65. The van der Waals surface area contributed by atoms with Crippen LogP contribution in [-0.2, 0) is 11.2 Å². The number of hydrogen-bond donors (Lipinski definition) is 1. The Bertz CT molecular complexity index is 459. The first kappa shape index (κ1) is 14.8. The van der Waals surface area contributed by atoms with Crippen molar-refractivity contribution in [3.8, 4) is 0 Å². The van der Waals surface area contributed by atoms with E-state index in [2.05, 4.69) is 29.4 Å². The number of carbonyl (C=O) groups is 1. The normalized spacial score (nSPS) is 23.2. The van der Waals surface area contributed by atoms with Crippen molar-refractivity contribution in [2.45, 2.75) is 57.9 Å². The van der Waals surface area contributed by atoms with Crippen LogP contribution >= 0.6 is 0 Å². The second-order valence-electron chi connectivity index (χ2n) is 5.45. The van der Waals surface area contributed by atoms with E-state index in [-0.39, 0.29) is 5.92 Å². The van der Waals surface area contributed by atoms with E-state index >= 15 is 0 Å². The number of carboxylic acids is 1. The maximum atomic E-state index is 10.9. The molecule has 0 aromatic carbocycles. The first-order valence-electron chi connectivity index (χ1n) is 7.49. The van der Waals surface area contributed by atoms with E-state index in [0.29, 0.717) is 6.04 Å². The predicted molar refractivity (Wildman–Crippen MR) is 76.4 cm³/mol. The maximum Gasteiger partial charge on any atom is 0.306 e. The van der Waals surface area contributed by atoms with Crippen LogP contribution in [0.5, 0.6) is 0 Å². The van der Waals surface area contributed by atoms with Crippen LogP contribution in [0.25, 0.3) is 0 Å². The molecule has 0 spiro atoms. The SMILES string of the molecule is CC/C=C\CCc1cn(C2CCC(C(=O)O)CC2)nn1. The molecule has 0 bridgehead atoms. The van der Waals surface area contributed by atoms with Gasteiger partial charge in [0.25, 0.3) is 0 Å². The van der Waals surface area contributed by atoms with E-state index in [1.807, 2.05) is 10.9 Å². The fraction of sp³-hybridized carbons (Fsp3) is 0.667. The van der Waals surface area contributed by atoms with Gasteiger partial charge in [-0.3, -0.25) is 4.79 Å². The number of aliphatic carboxylic acids is 1. The molecule has 1 heterocycles. The van der Waals surface area contributed by atoms with E-state index in [9.17, 15) is 4.79 Å². The van der Waals surface area contributed by atoms with Gasteiger partial charge in [-0.2, -0.15) is 0 Å². The molecule has 1 N–H and O–H groups in total. The highest BCUT2D eigenvalue weighted by molar-refractivity contribution is 5.70. The lowest BCUT2D eigenvalue weighted by Crippen LogP contribution is -2.23. The quantitative estimate of drug-likeness (QED) is 0.812. The van der Waals surface area contributed by atoms with Crippen molar-refractivity contribution in [1.82, 2.24) is 15.0 Å². The molecule has 1 aromatic rings. The fourth-order valence-electron chi connectivity index (χ4n) is 2.71. The zero-order chi connectivity index (χ0) is 14.4. The molecular weight excluding hydrogens is 254 g/mol. The summed E-state index contributed by atoms with van der Waals surface area (Å²) in [7, 11) is 0. The molecule has 0 radical (unpaired) electrons. The smallest absolute Gasteiger partial charge is 0.306 e. The average Bonchev–Trinajstić information content (AvgIpc) is 2.92. The van der Waals surface area contributed by atoms with Gasteiger partial charge in [0.05, 0.1) is 17.7 Å². The predicted octanol–water partition coefficient (Wildman–Crippen LogP) is 2.99. The van der Waals surface area contributed by atoms with Gasteiger partial charge < -0.3 is 5.11 Å². The van der Waals surface area contributed by atoms with Crippen LogP contribution in [0.1, 0.15) is 57.2 Å². The van der Waals surface area contributed by atoms with E-state index in [4.69, 9.17) is 5.11 Å². The maximum absolute atomic E-state index is 10.9. The third-order valence-corrected chi connectivity index (χ3v) is 3.95. The highest BCUT2D eigenvalue weighted by atomic mass is 16.4. The van der Waals surface area contributed by atoms with Crippen molar-refractivity contribution in [2.75, 3.05) is 0 Å². The fourth-order valence-corrected chi connectivity index (χ4v) is 2.71. The first-order valence-corrected chi connectivity index (χ1v) is 7.49. The molecule has 110 valence electrons. The van der Waals surface area contributed by atoms with Gasteiger partial charge in [-0.15, -0.1) is 5.10 Å². The molecule has 5 heteroatoms. The number of nitrogens with zero attached hydrogens (tertiary/aromatic N) is 3. The van der Waals surface area contributed by atoms with E-state index in [1.165, 1.54) is 0 Å². The Morgan fingerprint density at radius 1 is 1.40 bits per heavy atom. The molecule has 0 saturated heterocycles. The highest BCUT2D eigenvalue weighted by Crippen LogP contribution is 2.31. The molecule has 0 unspecified atom stereocenters. The van der Waals surface area contributed by atoms with Crippen LogP contribution in [0.15, 0.2) is 18.3 Å². The molecule has 0 aliphatic heterocycles. The summed E-state index contributed by atoms with van der Waals surface area (Å²) < 4.78 is 1.93. The summed E-state index contributed by atoms with van der Waals surface area (Å²) >= 11 is 0. The van der Waals surface area contributed by atoms with Crippen LogP contribution in [0, 0.1) is 5.92 Å². The molecule has 0 amide bonds. The monoisotopic (exact) mass is 277 g/mol. The minimum Gasteiger partial charge on any atom is -0.481 e. The van der Waals surface area contributed by atoms with Gasteiger partial charge >= 0.3 is 5.97 Å². The summed E-state index contributed by atoms with van der Waals surface area (Å²) in [5.74, 6) is -0.834. The van der Waals surface area contributed by atoms with E-state index in [0.717, 1.165) is 50.6 Å². The van der Waals surface area contributed by atoms with Crippen molar-refractivity contribution >= 4 is 5.97 Å². The van der Waals surface area contributed by atoms with Crippen molar-refractivity contribution in [1.29, 1.82) is 0 Å². The van der Waals surface area contributed by atoms with Crippen molar-refractivity contribution in [3.05, 3.63) is 24.0 Å². The lowest BCUT2D eigenvalue weighted by molar-refractivity contribution is -0.143. The second kappa shape index (κ2) is 7.22. The minimum absolute atomic E-state index is 0.173. The van der Waals surface area contributed by atoms with Crippen LogP contribution in [0.2, 0.25) is 0 Å². The zero-order valence-electron chi connectivity index (χ0n) is 12.0. The summed E-state index contributed by atoms with van der Waals surface area (Å²) in [6.45, 7) is 2.13. The standard InChI is InChI=1S/C15H23N3O2/c1-2-3-4-5-6-13-11-18(17-16-13)14-9-7-12(8-10-14)15(19)20/h3-4,11-12,14H,2,5-10H2,1H3,(H,19,20)/b4-3-. The Labute approximate surface area is 119 Å². The number of hydrogen-bond acceptors (Lipinski definition) is 3. The molecule has 2 rings (SSSR count). The number of aryl methyl sites for hydroxylation is 1. The summed E-state index contributed by atoms with van der Waals surface area (Å²) in [6, 6.07) is 0.318. The largest absolute Gasteiger partial charge is 0.481 e. The molecular formula is C15H23N3O2. The third kappa shape index (κ3) is 3.92. The topological polar surface area (TPSA) is 68.0 Å². The third-order valence-electron chi connectivity index (χ3n) is 3.95. The van der Waals surface area contributed by atoms with Crippen LogP contribution < -0.4 is 0 Å². The zero-order valence-corrected chi connectivity index (χ0v) is 12.0. The van der Waals surface area contributed by atoms with Crippen LogP contribution in [0.3, 0.4) is 0 Å². The lowest BCUT2D eigenvalue weighted by Gasteiger charge is -2.25. The summed E-state index contributed by atoms with van der Waals surface area (Å²) in [5, 5.41) is 17.4. The first-order chi connectivity index (χ1) is 9.70. The van der Waals surface area contributed by atoms with Crippen molar-refractivity contribution in [2.24, 2.45) is 5.92 Å². The summed E-state index contributed by atoms with van der Waals surface area (Å²) in [4.78, 5) is 10.9. The number of rotatable bonds is 6. The highest BCUT2D eigenvalue weighted by Gasteiger charge is 2.27. The Balaban J connectivity index is 1.83. The molecule has 1 aliphatic carbocycles.